The van der Waals surface area contributed by atoms with Gasteiger partial charge in [0.2, 0.25) is 5.88 Å². The lowest BCUT2D eigenvalue weighted by Gasteiger charge is -2.06. The van der Waals surface area contributed by atoms with Crippen molar-refractivity contribution in [1.29, 1.82) is 0 Å². The third-order valence-corrected chi connectivity index (χ3v) is 3.21. The van der Waals surface area contributed by atoms with Crippen LogP contribution in [0, 0.1) is 0 Å². The lowest BCUT2D eigenvalue weighted by Crippen LogP contribution is -2.25. The van der Waals surface area contributed by atoms with E-state index in [-0.39, 0.29) is 10.7 Å². The van der Waals surface area contributed by atoms with Gasteiger partial charge >= 0.3 is 5.69 Å². The zero-order valence-corrected chi connectivity index (χ0v) is 13.0. The molecule has 0 fully saturated rings. The van der Waals surface area contributed by atoms with Crippen molar-refractivity contribution in [3.8, 4) is 5.88 Å². The second-order valence-corrected chi connectivity index (χ2v) is 5.21. The van der Waals surface area contributed by atoms with Crippen LogP contribution < -0.4 is 16.6 Å². The maximum absolute atomic E-state index is 11.5. The quantitative estimate of drug-likeness (QED) is 0.484. The molecule has 1 aromatic carbocycles. The van der Waals surface area contributed by atoms with Gasteiger partial charge in [-0.15, -0.1) is 0 Å². The predicted molar refractivity (Wildman–Crippen MR) is 89.6 cm³/mol. The first-order valence-electron chi connectivity index (χ1n) is 5.72. The van der Waals surface area contributed by atoms with Gasteiger partial charge in [-0.2, -0.15) is 0 Å². The summed E-state index contributed by atoms with van der Waals surface area (Å²) in [5.41, 5.74) is -1.42. The number of halogens is 2. The minimum absolute atomic E-state index is 0.0193. The first-order valence-corrected chi connectivity index (χ1v) is 6.89. The molecule has 22 heavy (non-hydrogen) atoms. The normalized spacial score (nSPS) is 10.8. The number of nitrogens with one attached hydrogen (secondary N) is 3. The maximum Gasteiger partial charge on any atom is 0.328 e. The Morgan fingerprint density at radius 2 is 2.05 bits per heavy atom. The molecule has 0 amide bonds. The number of anilines is 1. The van der Waals surface area contributed by atoms with Gasteiger partial charge in [0.25, 0.3) is 5.56 Å². The molecule has 114 valence electrons. The Morgan fingerprint density at radius 1 is 1.32 bits per heavy atom. The molecule has 0 aliphatic heterocycles. The molecular formula is C12H8Cl2N4O3S. The van der Waals surface area contributed by atoms with Crippen LogP contribution in [0.1, 0.15) is 5.56 Å². The lowest BCUT2D eigenvalue weighted by molar-refractivity contribution is 0.447. The van der Waals surface area contributed by atoms with Crippen molar-refractivity contribution in [2.75, 3.05) is 5.32 Å². The molecule has 0 saturated heterocycles. The van der Waals surface area contributed by atoms with E-state index in [1.54, 1.807) is 18.2 Å². The van der Waals surface area contributed by atoms with E-state index in [2.05, 4.69) is 10.3 Å². The van der Waals surface area contributed by atoms with Crippen LogP contribution in [0.2, 0.25) is 10.0 Å². The van der Waals surface area contributed by atoms with Crippen LogP contribution in [-0.2, 0) is 0 Å². The number of aromatic hydroxyl groups is 1. The van der Waals surface area contributed by atoms with Crippen LogP contribution in [0.5, 0.6) is 5.88 Å². The summed E-state index contributed by atoms with van der Waals surface area (Å²) in [4.78, 5) is 30.2. The van der Waals surface area contributed by atoms with E-state index in [0.29, 0.717) is 15.7 Å². The molecule has 1 heterocycles. The number of benzene rings is 1. The first kappa shape index (κ1) is 16.2. The van der Waals surface area contributed by atoms with Crippen LogP contribution >= 0.6 is 35.4 Å². The molecule has 0 atom stereocenters. The molecule has 2 rings (SSSR count). The van der Waals surface area contributed by atoms with Gasteiger partial charge in [0, 0.05) is 11.2 Å². The molecule has 1 aromatic heterocycles. The monoisotopic (exact) mass is 358 g/mol. The van der Waals surface area contributed by atoms with E-state index in [9.17, 15) is 14.7 Å². The highest BCUT2D eigenvalue weighted by Gasteiger charge is 2.07. The zero-order chi connectivity index (χ0) is 16.3. The molecule has 0 radical (unpaired) electrons. The Bertz CT molecular complexity index is 875. The largest absolute Gasteiger partial charge is 0.494 e. The van der Waals surface area contributed by atoms with Gasteiger partial charge in [0.15, 0.2) is 5.11 Å². The summed E-state index contributed by atoms with van der Waals surface area (Å²) in [5, 5.41) is 13.0. The number of aromatic nitrogens is 2. The second-order valence-electron chi connectivity index (χ2n) is 3.98. The molecule has 0 unspecified atom stereocenters. The van der Waals surface area contributed by atoms with Gasteiger partial charge in [-0.1, -0.05) is 23.2 Å². The van der Waals surface area contributed by atoms with Crippen molar-refractivity contribution in [2.45, 2.75) is 0 Å². The van der Waals surface area contributed by atoms with E-state index >= 15 is 0 Å². The van der Waals surface area contributed by atoms with Gasteiger partial charge in [0.1, 0.15) is 5.56 Å². The van der Waals surface area contributed by atoms with Gasteiger partial charge in [-0.25, -0.2) is 9.79 Å². The minimum atomic E-state index is -0.828. The zero-order valence-electron chi connectivity index (χ0n) is 10.7. The van der Waals surface area contributed by atoms with Crippen molar-refractivity contribution in [1.82, 2.24) is 9.97 Å². The van der Waals surface area contributed by atoms with Crippen LogP contribution in [0.15, 0.2) is 32.8 Å². The smallest absolute Gasteiger partial charge is 0.328 e. The summed E-state index contributed by atoms with van der Waals surface area (Å²) in [6, 6.07) is 4.74. The fourth-order valence-electron chi connectivity index (χ4n) is 1.47. The van der Waals surface area contributed by atoms with Crippen LogP contribution in [0.4, 0.5) is 5.69 Å². The van der Waals surface area contributed by atoms with Crippen LogP contribution in [0.25, 0.3) is 0 Å². The molecule has 0 aliphatic carbocycles. The number of rotatable bonds is 2. The van der Waals surface area contributed by atoms with E-state index in [4.69, 9.17) is 35.4 Å². The number of hydrogen-bond donors (Lipinski definition) is 4. The van der Waals surface area contributed by atoms with Crippen molar-refractivity contribution in [3.63, 3.8) is 0 Å². The topological polar surface area (TPSA) is 110 Å². The highest BCUT2D eigenvalue weighted by molar-refractivity contribution is 7.80. The van der Waals surface area contributed by atoms with E-state index in [0.717, 1.165) is 6.21 Å². The standard InChI is InChI=1S/C12H8Cl2N4O3S/c13-5-1-2-7(14)8(3-5)16-12(22)15-4-6-9(19)17-11(21)18-10(6)20/h1-4H,(H,16,22)(H3,17,18,19,20,21)/b15-4+. The van der Waals surface area contributed by atoms with E-state index < -0.39 is 17.1 Å². The van der Waals surface area contributed by atoms with Gasteiger partial charge < -0.3 is 10.4 Å². The second kappa shape index (κ2) is 6.73. The Labute approximate surface area is 138 Å². The first-order chi connectivity index (χ1) is 10.4. The molecule has 0 aliphatic rings. The molecule has 0 saturated carbocycles. The number of aliphatic imine (C=N–C) groups is 1. The molecular weight excluding hydrogens is 351 g/mol. The van der Waals surface area contributed by atoms with Gasteiger partial charge in [-0.3, -0.25) is 14.8 Å². The lowest BCUT2D eigenvalue weighted by atomic mass is 10.3. The molecule has 2 aromatic rings. The van der Waals surface area contributed by atoms with Crippen molar-refractivity contribution in [2.24, 2.45) is 4.99 Å². The minimum Gasteiger partial charge on any atom is -0.494 e. The number of aromatic amines is 2. The fraction of sp³-hybridized carbons (Fsp3) is 0. The number of nitrogens with zero attached hydrogens (tertiary/aromatic N) is 1. The molecule has 4 N–H and O–H groups in total. The van der Waals surface area contributed by atoms with Crippen molar-refractivity contribution < 1.29 is 5.11 Å². The molecule has 0 bridgehead atoms. The van der Waals surface area contributed by atoms with Gasteiger partial charge in [-0.05, 0) is 30.4 Å². The molecule has 7 nitrogen and oxygen atoms in total. The van der Waals surface area contributed by atoms with Crippen LogP contribution in [0.3, 0.4) is 0 Å². The Hall–Kier alpha value is -2.16. The summed E-state index contributed by atoms with van der Waals surface area (Å²) in [5.74, 6) is -0.610. The Morgan fingerprint density at radius 3 is 2.73 bits per heavy atom. The summed E-state index contributed by atoms with van der Waals surface area (Å²) in [7, 11) is 0. The Balaban J connectivity index is 2.21. The number of thiocarbonyl (C=S) groups is 1. The van der Waals surface area contributed by atoms with E-state index in [1.807, 2.05) is 9.97 Å². The summed E-state index contributed by atoms with van der Waals surface area (Å²) in [6.45, 7) is 0. The average Bonchev–Trinajstić information content (AvgIpc) is 2.41. The summed E-state index contributed by atoms with van der Waals surface area (Å²) in [6.07, 6.45) is 1.01. The third kappa shape index (κ3) is 3.94. The summed E-state index contributed by atoms with van der Waals surface area (Å²) < 4.78 is 0. The summed E-state index contributed by atoms with van der Waals surface area (Å²) >= 11 is 16.8. The molecule has 10 heteroatoms. The fourth-order valence-corrected chi connectivity index (χ4v) is 1.97. The molecule has 0 spiro atoms. The highest BCUT2D eigenvalue weighted by Crippen LogP contribution is 2.25. The Kier molecular flexibility index (Phi) is 4.96. The number of H-pyrrole nitrogens is 2. The van der Waals surface area contributed by atoms with Crippen LogP contribution in [-0.4, -0.2) is 26.4 Å². The van der Waals surface area contributed by atoms with E-state index in [1.165, 1.54) is 0 Å². The average molecular weight is 359 g/mol. The maximum atomic E-state index is 11.5. The number of hydrogen-bond acceptors (Lipinski definition) is 4. The van der Waals surface area contributed by atoms with Gasteiger partial charge in [0.05, 0.1) is 10.7 Å². The van der Waals surface area contributed by atoms with Crippen molar-refractivity contribution in [3.05, 3.63) is 54.6 Å². The van der Waals surface area contributed by atoms with Crippen molar-refractivity contribution >= 4 is 52.4 Å². The SMILES string of the molecule is O=c1[nH]c(O)c(/C=N/C(=S)Nc2cc(Cl)ccc2Cl)c(=O)[nH]1. The third-order valence-electron chi connectivity index (χ3n) is 2.44. The predicted octanol–water partition coefficient (Wildman–Crippen LogP) is 1.89. The highest BCUT2D eigenvalue weighted by atomic mass is 35.5.